The first kappa shape index (κ1) is 5.96. The molecule has 2 aliphatic rings. The van der Waals surface area contributed by atoms with Crippen molar-refractivity contribution in [2.75, 3.05) is 0 Å². The summed E-state index contributed by atoms with van der Waals surface area (Å²) in [5.74, 6) is -0.660. The van der Waals surface area contributed by atoms with E-state index in [1.54, 1.807) is 0 Å². The van der Waals surface area contributed by atoms with E-state index < -0.39 is 5.97 Å². The maximum atomic E-state index is 10.4. The van der Waals surface area contributed by atoms with Gasteiger partial charge >= 0.3 is 5.97 Å². The van der Waals surface area contributed by atoms with E-state index in [-0.39, 0.29) is 5.71 Å². The zero-order chi connectivity index (χ0) is 7.84. The lowest BCUT2D eigenvalue weighted by Crippen LogP contribution is -2.07. The second-order valence-electron chi connectivity index (χ2n) is 2.03. The van der Waals surface area contributed by atoms with Crippen molar-refractivity contribution in [3.8, 4) is 0 Å². The number of amidine groups is 1. The smallest absolute Gasteiger partial charge is 0.354 e. The summed E-state index contributed by atoms with van der Waals surface area (Å²) < 4.78 is 0. The molecule has 5 heteroatoms. The Labute approximate surface area is 61.5 Å². The van der Waals surface area contributed by atoms with Gasteiger partial charge < -0.3 is 5.11 Å². The van der Waals surface area contributed by atoms with E-state index in [0.29, 0.717) is 11.5 Å². The van der Waals surface area contributed by atoms with Crippen LogP contribution in [0.3, 0.4) is 0 Å². The van der Waals surface area contributed by atoms with Gasteiger partial charge in [-0.15, -0.1) is 0 Å². The molecule has 0 aromatic rings. The number of carbonyl (C=O) groups is 1. The van der Waals surface area contributed by atoms with Crippen molar-refractivity contribution >= 4 is 23.9 Å². The predicted molar refractivity (Wildman–Crippen MR) is 39.1 cm³/mol. The molecule has 0 saturated carbocycles. The van der Waals surface area contributed by atoms with Crippen molar-refractivity contribution in [1.29, 1.82) is 0 Å². The fourth-order valence-corrected chi connectivity index (χ4v) is 0.843. The van der Waals surface area contributed by atoms with E-state index in [1.807, 2.05) is 0 Å². The van der Waals surface area contributed by atoms with Gasteiger partial charge in [0.25, 0.3) is 0 Å². The number of nitrogens with zero attached hydrogens (tertiary/aromatic N) is 3. The summed E-state index contributed by atoms with van der Waals surface area (Å²) in [5, 5.41) is 8.49. The molecule has 5 nitrogen and oxygen atoms in total. The van der Waals surface area contributed by atoms with E-state index in [9.17, 15) is 4.79 Å². The first-order valence-corrected chi connectivity index (χ1v) is 2.92. The number of rotatable bonds is 1. The van der Waals surface area contributed by atoms with Gasteiger partial charge in [0.15, 0.2) is 11.5 Å². The van der Waals surface area contributed by atoms with Gasteiger partial charge in [-0.3, -0.25) is 0 Å². The minimum atomic E-state index is -1.05. The summed E-state index contributed by atoms with van der Waals surface area (Å²) in [6.45, 7) is 0. The molecule has 0 radical (unpaired) electrons. The molecule has 0 aromatic heterocycles. The van der Waals surface area contributed by atoms with Crippen LogP contribution in [-0.2, 0) is 4.79 Å². The first-order valence-electron chi connectivity index (χ1n) is 2.92. The zero-order valence-corrected chi connectivity index (χ0v) is 5.35. The maximum Gasteiger partial charge on any atom is 0.354 e. The Morgan fingerprint density at radius 2 is 2.36 bits per heavy atom. The normalized spacial score (nSPS) is 19.1. The lowest BCUT2D eigenvalue weighted by molar-refractivity contribution is -0.129. The highest BCUT2D eigenvalue weighted by Gasteiger charge is 2.21. The molecule has 1 N–H and O–H groups in total. The Hall–Kier alpha value is -1.78. The number of carboxylic acids is 1. The van der Waals surface area contributed by atoms with Crippen LogP contribution in [0, 0.1) is 0 Å². The van der Waals surface area contributed by atoms with E-state index in [0.717, 1.165) is 0 Å². The SMILES string of the molecule is O=C(O)C1=NC2=NC=NC2=C1. The third kappa shape index (κ3) is 0.778. The molecular weight excluding hydrogens is 146 g/mol. The number of hydrogen-bond acceptors (Lipinski definition) is 4. The van der Waals surface area contributed by atoms with Gasteiger partial charge in [0, 0.05) is 6.08 Å². The molecular formula is C6H3N3O2. The summed E-state index contributed by atoms with van der Waals surface area (Å²) in [4.78, 5) is 21.6. The summed E-state index contributed by atoms with van der Waals surface area (Å²) in [6, 6.07) is 0. The van der Waals surface area contributed by atoms with Gasteiger partial charge in [-0.25, -0.2) is 19.8 Å². The van der Waals surface area contributed by atoms with Gasteiger partial charge in [-0.1, -0.05) is 0 Å². The molecule has 0 aliphatic carbocycles. The van der Waals surface area contributed by atoms with E-state index in [4.69, 9.17) is 5.11 Å². The number of aliphatic carboxylic acids is 1. The highest BCUT2D eigenvalue weighted by molar-refractivity contribution is 6.46. The van der Waals surface area contributed by atoms with Gasteiger partial charge in [0.2, 0.25) is 0 Å². The number of fused-ring (bicyclic) bond motifs is 1. The van der Waals surface area contributed by atoms with E-state index in [2.05, 4.69) is 15.0 Å². The third-order valence-corrected chi connectivity index (χ3v) is 1.32. The number of hydrogen-bond donors (Lipinski definition) is 1. The first-order chi connectivity index (χ1) is 5.27. The number of aliphatic imine (C=N–C) groups is 3. The van der Waals surface area contributed by atoms with Crippen molar-refractivity contribution in [2.24, 2.45) is 15.0 Å². The Morgan fingerprint density at radius 1 is 1.55 bits per heavy atom. The number of carboxylic acid groups (broad SMARTS) is 1. The second-order valence-corrected chi connectivity index (χ2v) is 2.03. The topological polar surface area (TPSA) is 74.4 Å². The van der Waals surface area contributed by atoms with Crippen molar-refractivity contribution in [3.63, 3.8) is 0 Å². The molecule has 0 spiro atoms. The zero-order valence-electron chi connectivity index (χ0n) is 5.35. The quantitative estimate of drug-likeness (QED) is 0.562. The van der Waals surface area contributed by atoms with Gasteiger partial charge in [-0.2, -0.15) is 0 Å². The highest BCUT2D eigenvalue weighted by Crippen LogP contribution is 2.13. The van der Waals surface area contributed by atoms with Crippen LogP contribution in [0.15, 0.2) is 26.8 Å². The molecule has 54 valence electrons. The van der Waals surface area contributed by atoms with Crippen LogP contribution in [0.2, 0.25) is 0 Å². The molecule has 0 amide bonds. The molecule has 0 aromatic carbocycles. The molecule has 0 fully saturated rings. The lowest BCUT2D eigenvalue weighted by atomic mass is 10.3. The van der Waals surface area contributed by atoms with Crippen molar-refractivity contribution < 1.29 is 9.90 Å². The van der Waals surface area contributed by atoms with Gasteiger partial charge in [0.05, 0.1) is 0 Å². The van der Waals surface area contributed by atoms with Crippen LogP contribution < -0.4 is 0 Å². The predicted octanol–water partition coefficient (Wildman–Crippen LogP) is -0.150. The maximum absolute atomic E-state index is 10.4. The van der Waals surface area contributed by atoms with Crippen LogP contribution in [-0.4, -0.2) is 29.0 Å². The van der Waals surface area contributed by atoms with Crippen molar-refractivity contribution in [3.05, 3.63) is 11.8 Å². The monoisotopic (exact) mass is 149 g/mol. The average Bonchev–Trinajstić information content (AvgIpc) is 2.40. The molecule has 2 heterocycles. The molecule has 2 aliphatic heterocycles. The van der Waals surface area contributed by atoms with Gasteiger partial charge in [-0.05, 0) is 0 Å². The summed E-state index contributed by atoms with van der Waals surface area (Å²) in [5.41, 5.74) is 0.526. The molecule has 11 heavy (non-hydrogen) atoms. The lowest BCUT2D eigenvalue weighted by Gasteiger charge is -1.82. The molecule has 0 unspecified atom stereocenters. The van der Waals surface area contributed by atoms with Gasteiger partial charge in [0.1, 0.15) is 12.0 Å². The van der Waals surface area contributed by atoms with Crippen LogP contribution in [0.25, 0.3) is 0 Å². The van der Waals surface area contributed by atoms with Crippen LogP contribution >= 0.6 is 0 Å². The standard InChI is InChI=1S/C6H3N3O2/c10-6(11)4-1-3-5(9-4)8-2-7-3/h1-2H,(H,10,11). The molecule has 0 saturated heterocycles. The second kappa shape index (κ2) is 1.85. The Balaban J connectivity index is 2.41. The minimum absolute atomic E-state index is 0.00407. The summed E-state index contributed by atoms with van der Waals surface area (Å²) >= 11 is 0. The molecule has 2 rings (SSSR count). The van der Waals surface area contributed by atoms with Crippen LogP contribution in [0.5, 0.6) is 0 Å². The molecule has 0 atom stereocenters. The summed E-state index contributed by atoms with van der Waals surface area (Å²) in [6.07, 6.45) is 2.74. The Morgan fingerprint density at radius 3 is 3.00 bits per heavy atom. The highest BCUT2D eigenvalue weighted by atomic mass is 16.4. The van der Waals surface area contributed by atoms with Crippen LogP contribution in [0.4, 0.5) is 0 Å². The van der Waals surface area contributed by atoms with E-state index in [1.165, 1.54) is 12.4 Å². The fraction of sp³-hybridized carbons (Fsp3) is 0. The minimum Gasteiger partial charge on any atom is -0.477 e. The van der Waals surface area contributed by atoms with Crippen molar-refractivity contribution in [2.45, 2.75) is 0 Å². The fourth-order valence-electron chi connectivity index (χ4n) is 0.843. The van der Waals surface area contributed by atoms with E-state index >= 15 is 0 Å². The third-order valence-electron chi connectivity index (χ3n) is 1.32. The summed E-state index contributed by atoms with van der Waals surface area (Å²) in [7, 11) is 0. The average molecular weight is 149 g/mol. The van der Waals surface area contributed by atoms with Crippen molar-refractivity contribution in [1.82, 2.24) is 0 Å². The Kier molecular flexibility index (Phi) is 1.00. The Bertz CT molecular complexity index is 349. The van der Waals surface area contributed by atoms with Crippen LogP contribution in [0.1, 0.15) is 0 Å². The largest absolute Gasteiger partial charge is 0.477 e. The molecule has 0 bridgehead atoms.